The maximum absolute atomic E-state index is 3.36. The molecule has 2 heteroatoms. The highest BCUT2D eigenvalue weighted by molar-refractivity contribution is 7.08. The quantitative estimate of drug-likeness (QED) is 0.784. The summed E-state index contributed by atoms with van der Waals surface area (Å²) in [5.41, 5.74) is 3.27. The van der Waals surface area contributed by atoms with E-state index in [4.69, 9.17) is 0 Å². The number of rotatable bonds is 2. The normalized spacial score (nSPS) is 9.82. The van der Waals surface area contributed by atoms with E-state index < -0.39 is 0 Å². The van der Waals surface area contributed by atoms with Crippen molar-refractivity contribution in [2.75, 3.05) is 5.32 Å². The van der Waals surface area contributed by atoms with E-state index >= 15 is 0 Å². The van der Waals surface area contributed by atoms with E-state index in [0.29, 0.717) is 6.04 Å². The lowest BCUT2D eigenvalue weighted by Crippen LogP contribution is -2.09. The Morgan fingerprint density at radius 2 is 1.71 bits per heavy atom. The van der Waals surface area contributed by atoms with E-state index in [-0.39, 0.29) is 0 Å². The molecule has 1 nitrogen and oxygen atoms in total. The van der Waals surface area contributed by atoms with Crippen LogP contribution in [0.2, 0.25) is 0 Å². The first-order chi connectivity index (χ1) is 8.24. The van der Waals surface area contributed by atoms with E-state index in [2.05, 4.69) is 48.5 Å². The van der Waals surface area contributed by atoms with Crippen molar-refractivity contribution in [3.05, 3.63) is 52.2 Å². The molecule has 0 unspecified atom stereocenters. The highest BCUT2D eigenvalue weighted by Crippen LogP contribution is 2.10. The van der Waals surface area contributed by atoms with Crippen molar-refractivity contribution in [3.8, 4) is 11.8 Å². The molecule has 17 heavy (non-hydrogen) atoms. The van der Waals surface area contributed by atoms with Crippen molar-refractivity contribution in [3.63, 3.8) is 0 Å². The number of thiophene rings is 1. The van der Waals surface area contributed by atoms with Crippen LogP contribution < -0.4 is 5.32 Å². The second kappa shape index (κ2) is 5.56. The van der Waals surface area contributed by atoms with E-state index in [1.807, 2.05) is 23.6 Å². The highest BCUT2D eigenvalue weighted by atomic mass is 32.1. The summed E-state index contributed by atoms with van der Waals surface area (Å²) < 4.78 is 0. The van der Waals surface area contributed by atoms with Gasteiger partial charge in [-0.2, -0.15) is 11.3 Å². The van der Waals surface area contributed by atoms with Crippen LogP contribution in [0.1, 0.15) is 25.0 Å². The van der Waals surface area contributed by atoms with Gasteiger partial charge in [0.2, 0.25) is 0 Å². The van der Waals surface area contributed by atoms with Crippen LogP contribution in [0, 0.1) is 11.8 Å². The van der Waals surface area contributed by atoms with Crippen LogP contribution in [0.15, 0.2) is 41.1 Å². The highest BCUT2D eigenvalue weighted by Gasteiger charge is 1.94. The molecule has 2 aromatic rings. The summed E-state index contributed by atoms with van der Waals surface area (Å²) in [7, 11) is 0. The molecule has 0 atom stereocenters. The Labute approximate surface area is 107 Å². The van der Waals surface area contributed by atoms with Crippen LogP contribution in [-0.2, 0) is 0 Å². The summed E-state index contributed by atoms with van der Waals surface area (Å²) >= 11 is 1.67. The Bertz CT molecular complexity index is 512. The topological polar surface area (TPSA) is 12.0 Å². The zero-order chi connectivity index (χ0) is 12.1. The molecule has 0 amide bonds. The molecule has 0 aliphatic rings. The number of anilines is 1. The van der Waals surface area contributed by atoms with Crippen LogP contribution in [0.3, 0.4) is 0 Å². The molecule has 0 fully saturated rings. The molecule has 86 valence electrons. The molecule has 0 saturated heterocycles. The van der Waals surface area contributed by atoms with Gasteiger partial charge in [0.25, 0.3) is 0 Å². The Hall–Kier alpha value is -1.72. The van der Waals surface area contributed by atoms with E-state index in [9.17, 15) is 0 Å². The molecule has 0 bridgehead atoms. The third-order valence-electron chi connectivity index (χ3n) is 2.21. The summed E-state index contributed by atoms with van der Waals surface area (Å²) in [5.74, 6) is 6.30. The van der Waals surface area contributed by atoms with Crippen molar-refractivity contribution < 1.29 is 0 Å². The lowest BCUT2D eigenvalue weighted by Gasteiger charge is -2.09. The number of hydrogen-bond donors (Lipinski definition) is 1. The van der Waals surface area contributed by atoms with Crippen LogP contribution in [0.25, 0.3) is 0 Å². The lowest BCUT2D eigenvalue weighted by atomic mass is 10.2. The standard InChI is InChI=1S/C15H15NS/c1-12(2)16-15-7-5-13(6-8-15)3-4-14-9-10-17-11-14/h5-12,16H,1-2H3. The van der Waals surface area contributed by atoms with Gasteiger partial charge in [0.1, 0.15) is 0 Å². The molecule has 1 N–H and O–H groups in total. The fourth-order valence-electron chi connectivity index (χ4n) is 1.46. The van der Waals surface area contributed by atoms with Crippen molar-refractivity contribution in [2.24, 2.45) is 0 Å². The predicted octanol–water partition coefficient (Wildman–Crippen LogP) is 3.97. The van der Waals surface area contributed by atoms with Crippen LogP contribution in [-0.4, -0.2) is 6.04 Å². The molecular weight excluding hydrogens is 226 g/mol. The average Bonchev–Trinajstić information content (AvgIpc) is 2.80. The Morgan fingerprint density at radius 3 is 2.29 bits per heavy atom. The maximum Gasteiger partial charge on any atom is 0.0356 e. The molecule has 2 rings (SSSR count). The SMILES string of the molecule is CC(C)Nc1ccc(C#Cc2ccsc2)cc1. The summed E-state index contributed by atoms with van der Waals surface area (Å²) in [6, 6.07) is 10.7. The minimum absolute atomic E-state index is 0.456. The van der Waals surface area contributed by atoms with Gasteiger partial charge < -0.3 is 5.32 Å². The van der Waals surface area contributed by atoms with Crippen LogP contribution in [0.5, 0.6) is 0 Å². The third-order valence-corrected chi connectivity index (χ3v) is 2.90. The van der Waals surface area contributed by atoms with Crippen molar-refractivity contribution >= 4 is 17.0 Å². The van der Waals surface area contributed by atoms with Gasteiger partial charge in [0.15, 0.2) is 0 Å². The van der Waals surface area contributed by atoms with E-state index in [1.54, 1.807) is 11.3 Å². The zero-order valence-corrected chi connectivity index (χ0v) is 10.8. The Morgan fingerprint density at radius 1 is 1.00 bits per heavy atom. The largest absolute Gasteiger partial charge is 0.383 e. The first-order valence-electron chi connectivity index (χ1n) is 5.65. The van der Waals surface area contributed by atoms with Gasteiger partial charge in [-0.1, -0.05) is 11.8 Å². The van der Waals surface area contributed by atoms with Crippen molar-refractivity contribution in [1.29, 1.82) is 0 Å². The summed E-state index contributed by atoms with van der Waals surface area (Å²) in [4.78, 5) is 0. The van der Waals surface area contributed by atoms with Gasteiger partial charge >= 0.3 is 0 Å². The van der Waals surface area contributed by atoms with Crippen LogP contribution >= 0.6 is 11.3 Å². The molecule has 0 spiro atoms. The lowest BCUT2D eigenvalue weighted by molar-refractivity contribution is 0.900. The smallest absolute Gasteiger partial charge is 0.0356 e. The molecule has 0 radical (unpaired) electrons. The minimum Gasteiger partial charge on any atom is -0.383 e. The molecular formula is C15H15NS. The second-order valence-electron chi connectivity index (χ2n) is 4.14. The van der Waals surface area contributed by atoms with E-state index in [1.165, 1.54) is 0 Å². The van der Waals surface area contributed by atoms with Gasteiger partial charge in [-0.3, -0.25) is 0 Å². The average molecular weight is 241 g/mol. The Balaban J connectivity index is 2.08. The van der Waals surface area contributed by atoms with Crippen LogP contribution in [0.4, 0.5) is 5.69 Å². The Kier molecular flexibility index (Phi) is 3.85. The third kappa shape index (κ3) is 3.65. The first kappa shape index (κ1) is 11.8. The number of hydrogen-bond acceptors (Lipinski definition) is 2. The fraction of sp³-hybridized carbons (Fsp3) is 0.200. The summed E-state index contributed by atoms with van der Waals surface area (Å²) in [6.45, 7) is 4.26. The molecule has 1 aromatic carbocycles. The van der Waals surface area contributed by atoms with Gasteiger partial charge in [0, 0.05) is 28.2 Å². The van der Waals surface area contributed by atoms with Crippen molar-refractivity contribution in [1.82, 2.24) is 0 Å². The molecule has 0 saturated carbocycles. The van der Waals surface area contributed by atoms with Gasteiger partial charge in [-0.05, 0) is 49.6 Å². The summed E-state index contributed by atoms with van der Waals surface area (Å²) in [6.07, 6.45) is 0. The number of nitrogens with one attached hydrogen (secondary N) is 1. The zero-order valence-electron chi connectivity index (χ0n) is 10.0. The maximum atomic E-state index is 3.36. The van der Waals surface area contributed by atoms with Crippen molar-refractivity contribution in [2.45, 2.75) is 19.9 Å². The van der Waals surface area contributed by atoms with Gasteiger partial charge in [0.05, 0.1) is 0 Å². The molecule has 0 aliphatic carbocycles. The fourth-order valence-corrected chi connectivity index (χ4v) is 2.05. The predicted molar refractivity (Wildman–Crippen MR) is 75.5 cm³/mol. The van der Waals surface area contributed by atoms with Gasteiger partial charge in [-0.15, -0.1) is 0 Å². The van der Waals surface area contributed by atoms with Gasteiger partial charge in [-0.25, -0.2) is 0 Å². The second-order valence-corrected chi connectivity index (χ2v) is 4.92. The molecule has 1 aromatic heterocycles. The monoisotopic (exact) mass is 241 g/mol. The molecule has 0 aliphatic heterocycles. The summed E-state index contributed by atoms with van der Waals surface area (Å²) in [5, 5.41) is 7.45. The first-order valence-corrected chi connectivity index (χ1v) is 6.59. The van der Waals surface area contributed by atoms with E-state index in [0.717, 1.165) is 16.8 Å². The molecule has 1 heterocycles. The number of benzene rings is 1. The minimum atomic E-state index is 0.456.